The summed E-state index contributed by atoms with van der Waals surface area (Å²) in [5.41, 5.74) is 8.96. The van der Waals surface area contributed by atoms with Crippen molar-refractivity contribution in [2.24, 2.45) is 29.7 Å². The van der Waals surface area contributed by atoms with Crippen molar-refractivity contribution in [2.75, 3.05) is 0 Å². The zero-order chi connectivity index (χ0) is 21.8. The molecule has 3 aromatic rings. The first-order chi connectivity index (χ1) is 14.8. The lowest BCUT2D eigenvalue weighted by Gasteiger charge is -2.39. The predicted octanol–water partition coefficient (Wildman–Crippen LogP) is 7.16. The van der Waals surface area contributed by atoms with Gasteiger partial charge >= 0.3 is 0 Å². The Balaban J connectivity index is 1.35. The monoisotopic (exact) mass is 410 g/mol. The lowest BCUT2D eigenvalue weighted by molar-refractivity contribution is -0.659. The first-order valence-electron chi connectivity index (χ1n) is 11.9. The minimum atomic E-state index is 0.505. The molecule has 0 spiro atoms. The fourth-order valence-electron chi connectivity index (χ4n) is 6.71. The summed E-state index contributed by atoms with van der Waals surface area (Å²) >= 11 is 0. The van der Waals surface area contributed by atoms with Crippen molar-refractivity contribution in [3.8, 4) is 22.4 Å². The number of rotatable bonds is 4. The summed E-state index contributed by atoms with van der Waals surface area (Å²) in [6, 6.07) is 22.5. The van der Waals surface area contributed by atoms with Crippen LogP contribution in [0.3, 0.4) is 0 Å². The zero-order valence-electron chi connectivity index (χ0n) is 19.8. The Kier molecular flexibility index (Phi) is 4.84. The molecular weight excluding hydrogens is 374 g/mol. The van der Waals surface area contributed by atoms with E-state index in [0.717, 1.165) is 11.8 Å². The third-order valence-electron chi connectivity index (χ3n) is 9.30. The van der Waals surface area contributed by atoms with Crippen LogP contribution in [0.2, 0.25) is 0 Å². The van der Waals surface area contributed by atoms with Gasteiger partial charge in [-0.3, -0.25) is 0 Å². The molecule has 0 N–H and O–H groups in total. The maximum Gasteiger partial charge on any atom is 0.212 e. The summed E-state index contributed by atoms with van der Waals surface area (Å²) in [7, 11) is 2.15. The van der Waals surface area contributed by atoms with Crippen LogP contribution in [0.15, 0.2) is 66.9 Å². The first-order valence-corrected chi connectivity index (χ1v) is 11.9. The third kappa shape index (κ3) is 3.25. The van der Waals surface area contributed by atoms with Gasteiger partial charge in [0, 0.05) is 17.2 Å². The van der Waals surface area contributed by atoms with E-state index in [0.29, 0.717) is 10.8 Å². The second-order valence-electron chi connectivity index (χ2n) is 10.9. The van der Waals surface area contributed by atoms with E-state index in [1.807, 2.05) is 0 Å². The number of aryl methyl sites for hydroxylation is 2. The van der Waals surface area contributed by atoms with Crippen LogP contribution in [-0.4, -0.2) is 0 Å². The van der Waals surface area contributed by atoms with Gasteiger partial charge in [0.05, 0.1) is 0 Å². The van der Waals surface area contributed by atoms with Crippen molar-refractivity contribution >= 4 is 0 Å². The molecule has 1 heteroatoms. The third-order valence-corrected chi connectivity index (χ3v) is 9.30. The van der Waals surface area contributed by atoms with Gasteiger partial charge in [0.1, 0.15) is 7.05 Å². The molecular formula is C30H36N+. The molecule has 3 unspecified atom stereocenters. The second-order valence-corrected chi connectivity index (χ2v) is 10.9. The molecule has 31 heavy (non-hydrogen) atoms. The van der Waals surface area contributed by atoms with Crippen LogP contribution < -0.4 is 4.57 Å². The lowest BCUT2D eigenvalue weighted by atomic mass is 9.65. The molecule has 0 radical (unpaired) electrons. The largest absolute Gasteiger partial charge is 0.212 e. The average molecular weight is 411 g/mol. The van der Waals surface area contributed by atoms with Gasteiger partial charge in [-0.1, -0.05) is 63.2 Å². The van der Waals surface area contributed by atoms with Gasteiger partial charge in [-0.25, -0.2) is 4.57 Å². The Morgan fingerprint density at radius 1 is 0.903 bits per heavy atom. The van der Waals surface area contributed by atoms with E-state index in [-0.39, 0.29) is 0 Å². The molecule has 1 heterocycles. The number of hydrogen-bond donors (Lipinski definition) is 0. The highest BCUT2D eigenvalue weighted by atomic mass is 14.9. The van der Waals surface area contributed by atoms with Crippen molar-refractivity contribution < 1.29 is 4.57 Å². The first kappa shape index (κ1) is 20.5. The van der Waals surface area contributed by atoms with Crippen LogP contribution in [0.4, 0.5) is 0 Å². The van der Waals surface area contributed by atoms with Gasteiger partial charge in [0.25, 0.3) is 0 Å². The molecule has 0 saturated heterocycles. The van der Waals surface area contributed by atoms with Crippen molar-refractivity contribution in [1.29, 1.82) is 0 Å². The van der Waals surface area contributed by atoms with E-state index in [2.05, 4.69) is 106 Å². The lowest BCUT2D eigenvalue weighted by Crippen LogP contribution is -2.33. The highest BCUT2D eigenvalue weighted by Crippen LogP contribution is 2.68. The minimum absolute atomic E-state index is 0.505. The molecule has 2 aliphatic rings. The average Bonchev–Trinajstić information content (AvgIpc) is 3.08. The number of hydrogen-bond acceptors (Lipinski definition) is 0. The normalized spacial score (nSPS) is 26.4. The van der Waals surface area contributed by atoms with Crippen molar-refractivity contribution in [3.63, 3.8) is 0 Å². The number of nitrogens with zero attached hydrogens (tertiary/aromatic N) is 1. The number of fused-ring (bicyclic) bond motifs is 2. The molecule has 5 rings (SSSR count). The van der Waals surface area contributed by atoms with E-state index in [4.69, 9.17) is 0 Å². The molecule has 3 atom stereocenters. The minimum Gasteiger partial charge on any atom is -0.200 e. The zero-order valence-corrected chi connectivity index (χ0v) is 19.8. The fraction of sp³-hybridized carbons (Fsp3) is 0.433. The highest BCUT2D eigenvalue weighted by molar-refractivity contribution is 5.66. The smallest absolute Gasteiger partial charge is 0.200 e. The molecule has 2 fully saturated rings. The van der Waals surface area contributed by atoms with Gasteiger partial charge < -0.3 is 0 Å². The van der Waals surface area contributed by atoms with Crippen LogP contribution >= 0.6 is 0 Å². The van der Waals surface area contributed by atoms with E-state index < -0.39 is 0 Å². The molecule has 1 aromatic heterocycles. The summed E-state index contributed by atoms with van der Waals surface area (Å²) in [4.78, 5) is 0. The van der Waals surface area contributed by atoms with Gasteiger partial charge in [-0.2, -0.15) is 0 Å². The Bertz CT molecular complexity index is 1110. The van der Waals surface area contributed by atoms with E-state index in [9.17, 15) is 0 Å². The number of benzene rings is 2. The molecule has 2 bridgehead atoms. The molecule has 2 saturated carbocycles. The van der Waals surface area contributed by atoms with E-state index in [1.165, 1.54) is 59.2 Å². The fourth-order valence-corrected chi connectivity index (χ4v) is 6.71. The molecule has 2 aromatic carbocycles. The standard InChI is InChI=1S/C30H36N/c1-21-8-6-7-9-27(21)28-15-14-24(20-31(28)5)23-12-10-22(11-13-23)18-26-19-25-16-17-30(26,4)29(25,2)3/h6-15,20,25-26H,16-19H2,1-5H3/q+1. The summed E-state index contributed by atoms with van der Waals surface area (Å²) in [5, 5.41) is 0. The molecule has 0 amide bonds. The second kappa shape index (κ2) is 7.33. The summed E-state index contributed by atoms with van der Waals surface area (Å²) < 4.78 is 2.25. The van der Waals surface area contributed by atoms with Crippen LogP contribution in [0.1, 0.15) is 51.2 Å². The topological polar surface area (TPSA) is 3.88 Å². The molecule has 0 aliphatic heterocycles. The van der Waals surface area contributed by atoms with Crippen LogP contribution in [0.5, 0.6) is 0 Å². The van der Waals surface area contributed by atoms with Gasteiger partial charge in [0.15, 0.2) is 6.20 Å². The number of aromatic nitrogens is 1. The van der Waals surface area contributed by atoms with Gasteiger partial charge in [0.2, 0.25) is 5.69 Å². The van der Waals surface area contributed by atoms with E-state index in [1.54, 1.807) is 0 Å². The Morgan fingerprint density at radius 2 is 1.61 bits per heavy atom. The van der Waals surface area contributed by atoms with Crippen LogP contribution in [0.25, 0.3) is 22.4 Å². The molecule has 2 aliphatic carbocycles. The Labute approximate surface area is 188 Å². The molecule has 1 nitrogen and oxygen atoms in total. The maximum atomic E-state index is 2.56. The predicted molar refractivity (Wildman–Crippen MR) is 130 cm³/mol. The summed E-state index contributed by atoms with van der Waals surface area (Å²) in [5.74, 6) is 1.76. The molecule has 160 valence electrons. The van der Waals surface area contributed by atoms with Crippen LogP contribution in [-0.2, 0) is 13.5 Å². The van der Waals surface area contributed by atoms with Crippen molar-refractivity contribution in [3.05, 3.63) is 78.0 Å². The quantitative estimate of drug-likeness (QED) is 0.402. The highest BCUT2D eigenvalue weighted by Gasteiger charge is 2.60. The maximum absolute atomic E-state index is 2.56. The van der Waals surface area contributed by atoms with Gasteiger partial charge in [-0.15, -0.1) is 0 Å². The van der Waals surface area contributed by atoms with Crippen molar-refractivity contribution in [2.45, 2.75) is 53.4 Å². The summed E-state index contributed by atoms with van der Waals surface area (Å²) in [6.45, 7) is 9.79. The van der Waals surface area contributed by atoms with Gasteiger partial charge in [-0.05, 0) is 84.1 Å². The van der Waals surface area contributed by atoms with Crippen molar-refractivity contribution in [1.82, 2.24) is 0 Å². The van der Waals surface area contributed by atoms with Crippen LogP contribution in [0, 0.1) is 29.6 Å². The Morgan fingerprint density at radius 3 is 2.23 bits per heavy atom. The Hall–Kier alpha value is -2.41. The number of pyridine rings is 1. The summed E-state index contributed by atoms with van der Waals surface area (Å²) in [6.07, 6.45) is 7.76. The van der Waals surface area contributed by atoms with E-state index >= 15 is 0 Å². The SMILES string of the molecule is Cc1ccccc1-c1ccc(-c2ccc(CC3CC4CCC3(C)C4(C)C)cc2)c[n+]1C.